The van der Waals surface area contributed by atoms with E-state index in [1.54, 1.807) is 13.8 Å². The van der Waals surface area contributed by atoms with Gasteiger partial charge in [-0.05, 0) is 35.6 Å². The zero-order valence-corrected chi connectivity index (χ0v) is 19.6. The summed E-state index contributed by atoms with van der Waals surface area (Å²) >= 11 is 0. The van der Waals surface area contributed by atoms with E-state index in [9.17, 15) is 19.5 Å². The third kappa shape index (κ3) is 5.03. The minimum atomic E-state index is -1.36. The van der Waals surface area contributed by atoms with Crippen molar-refractivity contribution in [3.05, 3.63) is 77.9 Å². The smallest absolute Gasteiger partial charge is 0.408 e. The van der Waals surface area contributed by atoms with Gasteiger partial charge >= 0.3 is 12.1 Å². The molecule has 182 valence electrons. The molecule has 9 heteroatoms. The molecular weight excluding hydrogens is 448 g/mol. The number of amides is 2. The normalized spacial score (nSPS) is 14.8. The van der Waals surface area contributed by atoms with Crippen LogP contribution in [-0.2, 0) is 20.7 Å². The van der Waals surface area contributed by atoms with E-state index in [-0.39, 0.29) is 25.4 Å². The molecule has 4 N–H and O–H groups in total. The maximum Gasteiger partial charge on any atom is 0.408 e. The molecule has 0 fully saturated rings. The van der Waals surface area contributed by atoms with Gasteiger partial charge in [0.2, 0.25) is 5.91 Å². The number of ether oxygens (including phenoxy) is 1. The lowest BCUT2D eigenvalue weighted by Crippen LogP contribution is -2.59. The van der Waals surface area contributed by atoms with Gasteiger partial charge in [-0.2, -0.15) is 0 Å². The van der Waals surface area contributed by atoms with E-state index < -0.39 is 29.6 Å². The first-order chi connectivity index (χ1) is 16.8. The summed E-state index contributed by atoms with van der Waals surface area (Å²) in [6.45, 7) is 3.38. The van der Waals surface area contributed by atoms with Crippen LogP contribution in [0.25, 0.3) is 11.1 Å². The first-order valence-corrected chi connectivity index (χ1v) is 11.5. The number of aromatic amines is 1. The molecule has 0 bridgehead atoms. The van der Waals surface area contributed by atoms with Gasteiger partial charge in [0.1, 0.15) is 18.2 Å². The monoisotopic (exact) mass is 476 g/mol. The first kappa shape index (κ1) is 24.0. The van der Waals surface area contributed by atoms with Crippen molar-refractivity contribution in [3.63, 3.8) is 0 Å². The number of nitrogens with one attached hydrogen (secondary N) is 3. The number of H-pyrrole nitrogens is 1. The summed E-state index contributed by atoms with van der Waals surface area (Å²) in [5, 5.41) is 14.7. The molecule has 1 aliphatic carbocycles. The molecule has 4 rings (SSSR count). The number of carbonyl (C=O) groups is 3. The number of rotatable bonds is 9. The molecule has 1 unspecified atom stereocenters. The highest BCUT2D eigenvalue weighted by molar-refractivity contribution is 5.92. The Labute approximate surface area is 202 Å². The van der Waals surface area contributed by atoms with Crippen molar-refractivity contribution in [1.82, 2.24) is 20.6 Å². The minimum Gasteiger partial charge on any atom is -0.480 e. The predicted octanol–water partition coefficient (Wildman–Crippen LogP) is 3.23. The Balaban J connectivity index is 1.41. The first-order valence-electron chi connectivity index (χ1n) is 11.5. The lowest BCUT2D eigenvalue weighted by molar-refractivity contribution is -0.142. The Kier molecular flexibility index (Phi) is 6.86. The molecule has 1 heterocycles. The van der Waals surface area contributed by atoms with E-state index in [1.807, 2.05) is 36.4 Å². The standard InChI is InChI=1S/C26H28N4O5/c1-3-26(2,24(33)29-22(23(31)32)12-16-13-27-15-28-16)30-25(34)35-14-21-19-10-6-4-8-17(19)18-9-5-7-11-20(18)21/h4-11,13,15,21-22H,3,12,14H2,1-2H3,(H,27,28)(H,29,33)(H,30,34)(H,31,32)/t22-,26?/m1/s1. The zero-order chi connectivity index (χ0) is 25.0. The number of imidazole rings is 1. The van der Waals surface area contributed by atoms with Gasteiger partial charge in [-0.25, -0.2) is 14.6 Å². The molecule has 0 aliphatic heterocycles. The molecule has 2 amide bonds. The number of alkyl carbamates (subject to hydrolysis) is 1. The van der Waals surface area contributed by atoms with Crippen LogP contribution < -0.4 is 10.6 Å². The topological polar surface area (TPSA) is 133 Å². The maximum absolute atomic E-state index is 13.0. The molecule has 0 spiro atoms. The Hall–Kier alpha value is -4.14. The van der Waals surface area contributed by atoms with Gasteiger partial charge in [0.05, 0.1) is 6.33 Å². The highest BCUT2D eigenvalue weighted by Crippen LogP contribution is 2.44. The fourth-order valence-electron chi connectivity index (χ4n) is 4.30. The number of carboxylic acids is 1. The molecular formula is C26H28N4O5. The van der Waals surface area contributed by atoms with Gasteiger partial charge in [-0.3, -0.25) is 4.79 Å². The van der Waals surface area contributed by atoms with Crippen molar-refractivity contribution in [2.45, 2.75) is 44.2 Å². The summed E-state index contributed by atoms with van der Waals surface area (Å²) in [5.41, 5.74) is 3.62. The van der Waals surface area contributed by atoms with Gasteiger partial charge in [-0.1, -0.05) is 55.5 Å². The van der Waals surface area contributed by atoms with Gasteiger partial charge in [0.25, 0.3) is 0 Å². The third-order valence-electron chi connectivity index (χ3n) is 6.51. The molecule has 1 aliphatic rings. The highest BCUT2D eigenvalue weighted by Gasteiger charge is 2.37. The second-order valence-corrected chi connectivity index (χ2v) is 8.78. The maximum atomic E-state index is 13.0. The van der Waals surface area contributed by atoms with Gasteiger partial charge in [-0.15, -0.1) is 0 Å². The Morgan fingerprint density at radius 3 is 2.29 bits per heavy atom. The minimum absolute atomic E-state index is 0.0335. The second kappa shape index (κ2) is 10.0. The SMILES string of the molecule is CCC(C)(NC(=O)OCC1c2ccccc2-c2ccccc21)C(=O)N[C@H](Cc1cnc[nH]1)C(=O)O. The van der Waals surface area contributed by atoms with Crippen molar-refractivity contribution in [2.24, 2.45) is 0 Å². The van der Waals surface area contributed by atoms with Crippen molar-refractivity contribution in [3.8, 4) is 11.1 Å². The van der Waals surface area contributed by atoms with E-state index in [1.165, 1.54) is 12.5 Å². The van der Waals surface area contributed by atoms with E-state index >= 15 is 0 Å². The van der Waals surface area contributed by atoms with Crippen molar-refractivity contribution < 1.29 is 24.2 Å². The fraction of sp³-hybridized carbons (Fsp3) is 0.308. The number of aromatic nitrogens is 2. The van der Waals surface area contributed by atoms with Crippen molar-refractivity contribution in [1.29, 1.82) is 0 Å². The fourth-order valence-corrected chi connectivity index (χ4v) is 4.30. The van der Waals surface area contributed by atoms with Crippen LogP contribution in [0.3, 0.4) is 0 Å². The summed E-state index contributed by atoms with van der Waals surface area (Å²) in [6.07, 6.45) is 2.46. The number of aliphatic carboxylic acids is 1. The summed E-state index contributed by atoms with van der Waals surface area (Å²) < 4.78 is 5.57. The Morgan fingerprint density at radius 1 is 1.11 bits per heavy atom. The molecule has 0 saturated carbocycles. The van der Waals surface area contributed by atoms with Crippen LogP contribution in [0.2, 0.25) is 0 Å². The zero-order valence-electron chi connectivity index (χ0n) is 19.6. The van der Waals surface area contributed by atoms with E-state index in [4.69, 9.17) is 4.74 Å². The quantitative estimate of drug-likeness (QED) is 0.375. The highest BCUT2D eigenvalue weighted by atomic mass is 16.5. The number of nitrogens with zero attached hydrogens (tertiary/aromatic N) is 1. The summed E-state index contributed by atoms with van der Waals surface area (Å²) in [6, 6.07) is 14.8. The molecule has 1 aromatic heterocycles. The molecule has 35 heavy (non-hydrogen) atoms. The average molecular weight is 477 g/mol. The van der Waals surface area contributed by atoms with Crippen LogP contribution in [0.1, 0.15) is 43.0 Å². The number of fused-ring (bicyclic) bond motifs is 3. The lowest BCUT2D eigenvalue weighted by atomic mass is 9.97. The average Bonchev–Trinajstić information content (AvgIpc) is 3.48. The lowest BCUT2D eigenvalue weighted by Gasteiger charge is -2.29. The largest absolute Gasteiger partial charge is 0.480 e. The number of carboxylic acid groups (broad SMARTS) is 1. The predicted molar refractivity (Wildman–Crippen MR) is 129 cm³/mol. The molecule has 0 saturated heterocycles. The van der Waals surface area contributed by atoms with E-state index in [0.29, 0.717) is 5.69 Å². The van der Waals surface area contributed by atoms with Crippen LogP contribution in [-0.4, -0.2) is 51.2 Å². The van der Waals surface area contributed by atoms with Crippen molar-refractivity contribution >= 4 is 18.0 Å². The number of carbonyl (C=O) groups excluding carboxylic acids is 2. The van der Waals surface area contributed by atoms with Gasteiger partial charge < -0.3 is 25.5 Å². The Morgan fingerprint density at radius 2 is 1.74 bits per heavy atom. The number of hydrogen-bond donors (Lipinski definition) is 4. The molecule has 9 nitrogen and oxygen atoms in total. The molecule has 3 aromatic rings. The second-order valence-electron chi connectivity index (χ2n) is 8.78. The van der Waals surface area contributed by atoms with Crippen LogP contribution in [0.15, 0.2) is 61.1 Å². The van der Waals surface area contributed by atoms with Gasteiger partial charge in [0.15, 0.2) is 0 Å². The Bertz CT molecular complexity index is 1180. The molecule has 2 atom stereocenters. The molecule has 0 radical (unpaired) electrons. The van der Waals surface area contributed by atoms with Crippen molar-refractivity contribution in [2.75, 3.05) is 6.61 Å². The number of hydrogen-bond acceptors (Lipinski definition) is 5. The third-order valence-corrected chi connectivity index (χ3v) is 6.51. The van der Waals surface area contributed by atoms with Crippen LogP contribution in [0, 0.1) is 0 Å². The summed E-state index contributed by atoms with van der Waals surface area (Å²) in [7, 11) is 0. The summed E-state index contributed by atoms with van der Waals surface area (Å²) in [4.78, 5) is 44.1. The number of benzene rings is 2. The van der Waals surface area contributed by atoms with Crippen LogP contribution >= 0.6 is 0 Å². The van der Waals surface area contributed by atoms with Crippen LogP contribution in [0.5, 0.6) is 0 Å². The summed E-state index contributed by atoms with van der Waals surface area (Å²) in [5.74, 6) is -1.91. The van der Waals surface area contributed by atoms with E-state index in [2.05, 4.69) is 32.7 Å². The molecule has 2 aromatic carbocycles. The van der Waals surface area contributed by atoms with E-state index in [0.717, 1.165) is 22.3 Å². The van der Waals surface area contributed by atoms with Gasteiger partial charge in [0, 0.05) is 24.2 Å². The van der Waals surface area contributed by atoms with Crippen LogP contribution in [0.4, 0.5) is 4.79 Å².